The van der Waals surface area contributed by atoms with E-state index >= 15 is 0 Å². The van der Waals surface area contributed by atoms with Gasteiger partial charge in [-0.1, -0.05) is 32.9 Å². The van der Waals surface area contributed by atoms with Gasteiger partial charge in [-0.2, -0.15) is 4.98 Å². The molecular weight excluding hydrogens is 190 g/mol. The zero-order valence-corrected chi connectivity index (χ0v) is 10.0. The van der Waals surface area contributed by atoms with Crippen molar-refractivity contribution in [3.8, 4) is 0 Å². The van der Waals surface area contributed by atoms with Crippen LogP contribution in [0.25, 0.3) is 0 Å². The van der Waals surface area contributed by atoms with Crippen LogP contribution in [0.3, 0.4) is 0 Å². The fourth-order valence-electron chi connectivity index (χ4n) is 1.44. The Morgan fingerprint density at radius 2 is 2.00 bits per heavy atom. The topological polar surface area (TPSA) is 64.9 Å². The molecule has 0 aliphatic heterocycles. The molecule has 0 saturated heterocycles. The van der Waals surface area contributed by atoms with Gasteiger partial charge in [0.25, 0.3) is 0 Å². The molecule has 2 N–H and O–H groups in total. The summed E-state index contributed by atoms with van der Waals surface area (Å²) in [4.78, 5) is 4.36. The zero-order chi connectivity index (χ0) is 11.4. The lowest BCUT2D eigenvalue weighted by Gasteiger charge is -2.13. The fourth-order valence-corrected chi connectivity index (χ4v) is 1.44. The van der Waals surface area contributed by atoms with Crippen molar-refractivity contribution >= 4 is 0 Å². The lowest BCUT2D eigenvalue weighted by molar-refractivity contribution is 0.335. The summed E-state index contributed by atoms with van der Waals surface area (Å²) in [6, 6.07) is 0.0948. The molecule has 1 heterocycles. The minimum absolute atomic E-state index is 0.0948. The van der Waals surface area contributed by atoms with E-state index in [0.717, 1.165) is 18.7 Å². The van der Waals surface area contributed by atoms with Gasteiger partial charge >= 0.3 is 0 Å². The van der Waals surface area contributed by atoms with Crippen molar-refractivity contribution in [1.82, 2.24) is 10.1 Å². The molecule has 1 rings (SSSR count). The summed E-state index contributed by atoms with van der Waals surface area (Å²) in [6.07, 6.45) is 1.78. The Hall–Kier alpha value is -0.900. The van der Waals surface area contributed by atoms with Gasteiger partial charge < -0.3 is 10.3 Å². The largest absolute Gasteiger partial charge is 0.339 e. The molecule has 0 saturated carbocycles. The first kappa shape index (κ1) is 12.2. The van der Waals surface area contributed by atoms with Gasteiger partial charge in [-0.3, -0.25) is 0 Å². The minimum atomic E-state index is 0.0948. The van der Waals surface area contributed by atoms with Gasteiger partial charge in [0.2, 0.25) is 5.89 Å². The summed E-state index contributed by atoms with van der Waals surface area (Å²) in [6.45, 7) is 8.36. The van der Waals surface area contributed by atoms with Gasteiger partial charge in [0.1, 0.15) is 0 Å². The summed E-state index contributed by atoms with van der Waals surface area (Å²) in [5.74, 6) is 2.14. The second-order valence-corrected chi connectivity index (χ2v) is 4.51. The van der Waals surface area contributed by atoms with Crippen LogP contribution >= 0.6 is 0 Å². The Balaban J connectivity index is 2.66. The number of rotatable bonds is 5. The number of hydrogen-bond donors (Lipinski definition) is 1. The molecular formula is C11H21N3O. The van der Waals surface area contributed by atoms with Crippen LogP contribution in [0.2, 0.25) is 0 Å². The molecule has 0 bridgehead atoms. The van der Waals surface area contributed by atoms with Crippen LogP contribution in [0.1, 0.15) is 51.7 Å². The molecule has 1 aromatic heterocycles. The predicted octanol–water partition coefficient (Wildman–Crippen LogP) is 2.11. The standard InChI is InChI=1S/C11H21N3O/c1-5-9(12)8(4)11-13-10(14-15-11)6-7(2)3/h7-9H,5-6,12H2,1-4H3. The molecule has 0 aromatic carbocycles. The smallest absolute Gasteiger partial charge is 0.231 e. The van der Waals surface area contributed by atoms with Gasteiger partial charge in [0.15, 0.2) is 5.82 Å². The van der Waals surface area contributed by atoms with E-state index in [1.165, 1.54) is 0 Å². The summed E-state index contributed by atoms with van der Waals surface area (Å²) < 4.78 is 5.21. The molecule has 4 nitrogen and oxygen atoms in total. The summed E-state index contributed by atoms with van der Waals surface area (Å²) >= 11 is 0. The van der Waals surface area contributed by atoms with Crippen molar-refractivity contribution in [1.29, 1.82) is 0 Å². The second kappa shape index (κ2) is 5.26. The third kappa shape index (κ3) is 3.30. The quantitative estimate of drug-likeness (QED) is 0.810. The molecule has 15 heavy (non-hydrogen) atoms. The summed E-state index contributed by atoms with van der Waals surface area (Å²) in [5.41, 5.74) is 5.93. The molecule has 0 amide bonds. The lowest BCUT2D eigenvalue weighted by atomic mass is 10.0. The monoisotopic (exact) mass is 211 g/mol. The molecule has 0 aliphatic rings. The maximum absolute atomic E-state index is 5.93. The fraction of sp³-hybridized carbons (Fsp3) is 0.818. The number of aromatic nitrogens is 2. The van der Waals surface area contributed by atoms with Gasteiger partial charge in [-0.05, 0) is 12.3 Å². The van der Waals surface area contributed by atoms with Crippen LogP contribution in [0.4, 0.5) is 0 Å². The van der Waals surface area contributed by atoms with Crippen molar-refractivity contribution in [2.45, 2.75) is 52.5 Å². The molecule has 0 aliphatic carbocycles. The molecule has 4 heteroatoms. The maximum Gasteiger partial charge on any atom is 0.231 e. The highest BCUT2D eigenvalue weighted by Gasteiger charge is 2.19. The highest BCUT2D eigenvalue weighted by molar-refractivity contribution is 4.96. The van der Waals surface area contributed by atoms with E-state index in [1.807, 2.05) is 6.92 Å². The van der Waals surface area contributed by atoms with Crippen molar-refractivity contribution < 1.29 is 4.52 Å². The van der Waals surface area contributed by atoms with E-state index in [4.69, 9.17) is 10.3 Å². The van der Waals surface area contributed by atoms with E-state index in [9.17, 15) is 0 Å². The van der Waals surface area contributed by atoms with Crippen LogP contribution in [-0.4, -0.2) is 16.2 Å². The first-order valence-electron chi connectivity index (χ1n) is 5.62. The zero-order valence-electron chi connectivity index (χ0n) is 10.0. The van der Waals surface area contributed by atoms with Crippen molar-refractivity contribution in [3.63, 3.8) is 0 Å². The molecule has 2 unspecified atom stereocenters. The SMILES string of the molecule is CCC(N)C(C)c1nc(CC(C)C)no1. The molecule has 2 atom stereocenters. The van der Waals surface area contributed by atoms with Gasteiger partial charge in [-0.15, -0.1) is 0 Å². The van der Waals surface area contributed by atoms with Crippen LogP contribution in [0.15, 0.2) is 4.52 Å². The van der Waals surface area contributed by atoms with Crippen molar-refractivity contribution in [2.75, 3.05) is 0 Å². The van der Waals surface area contributed by atoms with E-state index in [0.29, 0.717) is 11.8 Å². The summed E-state index contributed by atoms with van der Waals surface area (Å²) in [5, 5.41) is 3.95. The Morgan fingerprint density at radius 1 is 1.33 bits per heavy atom. The molecule has 0 radical (unpaired) electrons. The van der Waals surface area contributed by atoms with Gasteiger partial charge in [0.05, 0.1) is 5.92 Å². The van der Waals surface area contributed by atoms with Crippen molar-refractivity contribution in [2.24, 2.45) is 11.7 Å². The Kier molecular flexibility index (Phi) is 4.27. The minimum Gasteiger partial charge on any atom is -0.339 e. The normalized spacial score (nSPS) is 15.6. The van der Waals surface area contributed by atoms with Crippen LogP contribution in [0.5, 0.6) is 0 Å². The average molecular weight is 211 g/mol. The molecule has 0 fully saturated rings. The average Bonchev–Trinajstić information content (AvgIpc) is 2.63. The third-order valence-electron chi connectivity index (χ3n) is 2.58. The van der Waals surface area contributed by atoms with Gasteiger partial charge in [0, 0.05) is 12.5 Å². The number of hydrogen-bond acceptors (Lipinski definition) is 4. The van der Waals surface area contributed by atoms with Crippen LogP contribution in [-0.2, 0) is 6.42 Å². The van der Waals surface area contributed by atoms with Crippen molar-refractivity contribution in [3.05, 3.63) is 11.7 Å². The lowest BCUT2D eigenvalue weighted by Crippen LogP contribution is -2.25. The van der Waals surface area contributed by atoms with Crippen LogP contribution < -0.4 is 5.73 Å². The highest BCUT2D eigenvalue weighted by atomic mass is 16.5. The molecule has 0 spiro atoms. The van der Waals surface area contributed by atoms with E-state index < -0.39 is 0 Å². The van der Waals surface area contributed by atoms with E-state index in [1.54, 1.807) is 0 Å². The summed E-state index contributed by atoms with van der Waals surface area (Å²) in [7, 11) is 0. The first-order chi connectivity index (χ1) is 7.04. The molecule has 86 valence electrons. The maximum atomic E-state index is 5.93. The number of nitrogens with two attached hydrogens (primary N) is 1. The number of nitrogens with zero attached hydrogens (tertiary/aromatic N) is 2. The third-order valence-corrected chi connectivity index (χ3v) is 2.58. The predicted molar refractivity (Wildman–Crippen MR) is 59.5 cm³/mol. The van der Waals surface area contributed by atoms with E-state index in [-0.39, 0.29) is 12.0 Å². The Bertz CT molecular complexity index is 296. The first-order valence-corrected chi connectivity index (χ1v) is 5.62. The van der Waals surface area contributed by atoms with Crippen LogP contribution in [0, 0.1) is 5.92 Å². The van der Waals surface area contributed by atoms with Gasteiger partial charge in [-0.25, -0.2) is 0 Å². The van der Waals surface area contributed by atoms with E-state index in [2.05, 4.69) is 30.9 Å². The second-order valence-electron chi connectivity index (χ2n) is 4.51. The highest BCUT2D eigenvalue weighted by Crippen LogP contribution is 2.18. The Labute approximate surface area is 91.2 Å². The Morgan fingerprint density at radius 3 is 2.53 bits per heavy atom. The molecule has 1 aromatic rings.